The first-order valence-electron chi connectivity index (χ1n) is 6.16. The Morgan fingerprint density at radius 2 is 2.18 bits per heavy atom. The van der Waals surface area contributed by atoms with E-state index in [1.807, 2.05) is 13.0 Å². The standard InChI is InChI=1S/C13H17ClN2O/c1-2-10-7-9(8-12(14)15-10)13(17)16-11-5-3-4-6-11/h7-8,11H,2-6H2,1H3,(H,16,17). The van der Waals surface area contributed by atoms with Crippen molar-refractivity contribution >= 4 is 17.5 Å². The van der Waals surface area contributed by atoms with E-state index in [1.54, 1.807) is 6.07 Å². The third kappa shape index (κ3) is 3.19. The summed E-state index contributed by atoms with van der Waals surface area (Å²) < 4.78 is 0. The lowest BCUT2D eigenvalue weighted by molar-refractivity contribution is 0.0937. The maximum absolute atomic E-state index is 12.0. The van der Waals surface area contributed by atoms with E-state index in [-0.39, 0.29) is 5.91 Å². The predicted molar refractivity (Wildman–Crippen MR) is 68.3 cm³/mol. The Balaban J connectivity index is 2.09. The van der Waals surface area contributed by atoms with Gasteiger partial charge in [-0.25, -0.2) is 4.98 Å². The summed E-state index contributed by atoms with van der Waals surface area (Å²) in [6.45, 7) is 2.00. The van der Waals surface area contributed by atoms with Gasteiger partial charge in [0.15, 0.2) is 0 Å². The quantitative estimate of drug-likeness (QED) is 0.841. The summed E-state index contributed by atoms with van der Waals surface area (Å²) in [6.07, 6.45) is 5.38. The summed E-state index contributed by atoms with van der Waals surface area (Å²) in [5.41, 5.74) is 1.47. The fourth-order valence-corrected chi connectivity index (χ4v) is 2.43. The molecule has 1 aromatic heterocycles. The van der Waals surface area contributed by atoms with Crippen molar-refractivity contribution in [3.8, 4) is 0 Å². The first-order chi connectivity index (χ1) is 8.19. The van der Waals surface area contributed by atoms with Crippen LogP contribution in [0.2, 0.25) is 5.15 Å². The highest BCUT2D eigenvalue weighted by molar-refractivity contribution is 6.29. The van der Waals surface area contributed by atoms with Crippen molar-refractivity contribution in [1.82, 2.24) is 10.3 Å². The van der Waals surface area contributed by atoms with Gasteiger partial charge in [0.25, 0.3) is 5.91 Å². The number of hydrogen-bond donors (Lipinski definition) is 1. The topological polar surface area (TPSA) is 42.0 Å². The minimum absolute atomic E-state index is 0.0316. The lowest BCUT2D eigenvalue weighted by atomic mass is 10.1. The van der Waals surface area contributed by atoms with Crippen LogP contribution in [0, 0.1) is 0 Å². The van der Waals surface area contributed by atoms with E-state index in [9.17, 15) is 4.79 Å². The van der Waals surface area contributed by atoms with Gasteiger partial charge in [-0.15, -0.1) is 0 Å². The van der Waals surface area contributed by atoms with Crippen LogP contribution in [0.15, 0.2) is 12.1 Å². The molecule has 1 amide bonds. The van der Waals surface area contributed by atoms with Crippen molar-refractivity contribution in [3.05, 3.63) is 28.5 Å². The lowest BCUT2D eigenvalue weighted by Gasteiger charge is -2.12. The van der Waals surface area contributed by atoms with Crippen molar-refractivity contribution in [2.24, 2.45) is 0 Å². The third-order valence-electron chi connectivity index (χ3n) is 3.16. The van der Waals surface area contributed by atoms with Crippen molar-refractivity contribution in [2.45, 2.75) is 45.1 Å². The minimum atomic E-state index is -0.0316. The van der Waals surface area contributed by atoms with Gasteiger partial charge in [0, 0.05) is 17.3 Å². The van der Waals surface area contributed by atoms with E-state index < -0.39 is 0 Å². The molecule has 92 valence electrons. The fraction of sp³-hybridized carbons (Fsp3) is 0.538. The number of aromatic nitrogens is 1. The van der Waals surface area contributed by atoms with Crippen molar-refractivity contribution in [3.63, 3.8) is 0 Å². The third-order valence-corrected chi connectivity index (χ3v) is 3.36. The van der Waals surface area contributed by atoms with E-state index in [0.717, 1.165) is 25.0 Å². The summed E-state index contributed by atoms with van der Waals surface area (Å²) in [5.74, 6) is -0.0316. The summed E-state index contributed by atoms with van der Waals surface area (Å²) in [5, 5.41) is 3.44. The molecule has 1 aliphatic rings. The van der Waals surface area contributed by atoms with Crippen LogP contribution in [0.25, 0.3) is 0 Å². The molecular formula is C13H17ClN2O. The van der Waals surface area contributed by atoms with Crippen LogP contribution >= 0.6 is 11.6 Å². The number of nitrogens with zero attached hydrogens (tertiary/aromatic N) is 1. The molecule has 0 aromatic carbocycles. The van der Waals surface area contributed by atoms with E-state index in [0.29, 0.717) is 16.8 Å². The second kappa shape index (κ2) is 5.50. The van der Waals surface area contributed by atoms with Crippen LogP contribution in [-0.2, 0) is 6.42 Å². The largest absolute Gasteiger partial charge is 0.349 e. The molecule has 1 aliphatic carbocycles. The molecule has 2 rings (SSSR count). The highest BCUT2D eigenvalue weighted by atomic mass is 35.5. The number of carbonyl (C=O) groups is 1. The number of nitrogens with one attached hydrogen (secondary N) is 1. The van der Waals surface area contributed by atoms with Crippen LogP contribution in [0.4, 0.5) is 0 Å². The van der Waals surface area contributed by atoms with Crippen LogP contribution in [0.5, 0.6) is 0 Å². The van der Waals surface area contributed by atoms with Crippen molar-refractivity contribution < 1.29 is 4.79 Å². The fourth-order valence-electron chi connectivity index (χ4n) is 2.20. The van der Waals surface area contributed by atoms with Gasteiger partial charge in [-0.05, 0) is 31.4 Å². The zero-order chi connectivity index (χ0) is 12.3. The van der Waals surface area contributed by atoms with E-state index in [2.05, 4.69) is 10.3 Å². The number of hydrogen-bond acceptors (Lipinski definition) is 2. The van der Waals surface area contributed by atoms with Gasteiger partial charge < -0.3 is 5.32 Å². The SMILES string of the molecule is CCc1cc(C(=O)NC2CCCC2)cc(Cl)n1. The number of pyridine rings is 1. The lowest BCUT2D eigenvalue weighted by Crippen LogP contribution is -2.32. The van der Waals surface area contributed by atoms with Crippen LogP contribution in [-0.4, -0.2) is 16.9 Å². The van der Waals surface area contributed by atoms with Crippen LogP contribution in [0.3, 0.4) is 0 Å². The molecule has 0 bridgehead atoms. The average Bonchev–Trinajstić information content (AvgIpc) is 2.81. The van der Waals surface area contributed by atoms with Crippen molar-refractivity contribution in [1.29, 1.82) is 0 Å². The molecule has 1 saturated carbocycles. The highest BCUT2D eigenvalue weighted by Gasteiger charge is 2.18. The van der Waals surface area contributed by atoms with Gasteiger partial charge in [0.1, 0.15) is 5.15 Å². The number of halogens is 1. The molecule has 0 spiro atoms. The Morgan fingerprint density at radius 1 is 1.47 bits per heavy atom. The molecule has 4 heteroatoms. The monoisotopic (exact) mass is 252 g/mol. The Morgan fingerprint density at radius 3 is 2.82 bits per heavy atom. The number of carbonyl (C=O) groups excluding carboxylic acids is 1. The second-order valence-corrected chi connectivity index (χ2v) is 4.87. The summed E-state index contributed by atoms with van der Waals surface area (Å²) in [6, 6.07) is 3.78. The molecule has 1 N–H and O–H groups in total. The minimum Gasteiger partial charge on any atom is -0.349 e. The van der Waals surface area contributed by atoms with Crippen molar-refractivity contribution in [2.75, 3.05) is 0 Å². The first-order valence-corrected chi connectivity index (χ1v) is 6.54. The maximum atomic E-state index is 12.0. The van der Waals surface area contributed by atoms with Crippen LogP contribution < -0.4 is 5.32 Å². The number of aryl methyl sites for hydroxylation is 1. The zero-order valence-electron chi connectivity index (χ0n) is 10.0. The molecule has 17 heavy (non-hydrogen) atoms. The molecule has 1 heterocycles. The van der Waals surface area contributed by atoms with Crippen LogP contribution in [0.1, 0.15) is 48.7 Å². The van der Waals surface area contributed by atoms with E-state index in [4.69, 9.17) is 11.6 Å². The van der Waals surface area contributed by atoms with Gasteiger partial charge in [-0.1, -0.05) is 31.4 Å². The Hall–Kier alpha value is -1.09. The first kappa shape index (κ1) is 12.4. The average molecular weight is 253 g/mol. The molecule has 0 saturated heterocycles. The Kier molecular flexibility index (Phi) is 4.00. The van der Waals surface area contributed by atoms with Gasteiger partial charge in [0.2, 0.25) is 0 Å². The number of rotatable bonds is 3. The van der Waals surface area contributed by atoms with E-state index in [1.165, 1.54) is 12.8 Å². The summed E-state index contributed by atoms with van der Waals surface area (Å²) in [7, 11) is 0. The Bertz CT molecular complexity index is 414. The molecule has 0 unspecified atom stereocenters. The van der Waals surface area contributed by atoms with E-state index >= 15 is 0 Å². The van der Waals surface area contributed by atoms with Gasteiger partial charge in [-0.3, -0.25) is 4.79 Å². The van der Waals surface area contributed by atoms with Gasteiger partial charge in [-0.2, -0.15) is 0 Å². The van der Waals surface area contributed by atoms with Gasteiger partial charge >= 0.3 is 0 Å². The Labute approximate surface area is 107 Å². The molecule has 3 nitrogen and oxygen atoms in total. The number of amides is 1. The normalized spacial score (nSPS) is 16.1. The second-order valence-electron chi connectivity index (χ2n) is 4.48. The molecule has 1 aromatic rings. The maximum Gasteiger partial charge on any atom is 0.251 e. The molecule has 0 radical (unpaired) electrons. The zero-order valence-corrected chi connectivity index (χ0v) is 10.8. The van der Waals surface area contributed by atoms with Gasteiger partial charge in [0.05, 0.1) is 0 Å². The molecule has 1 fully saturated rings. The molecule has 0 atom stereocenters. The molecular weight excluding hydrogens is 236 g/mol. The highest BCUT2D eigenvalue weighted by Crippen LogP contribution is 2.19. The predicted octanol–water partition coefficient (Wildman–Crippen LogP) is 2.97. The molecule has 0 aliphatic heterocycles. The smallest absolute Gasteiger partial charge is 0.251 e. The summed E-state index contributed by atoms with van der Waals surface area (Å²) in [4.78, 5) is 16.2. The summed E-state index contributed by atoms with van der Waals surface area (Å²) >= 11 is 5.90.